The van der Waals surface area contributed by atoms with Crippen molar-refractivity contribution in [3.8, 4) is 0 Å². The van der Waals surface area contributed by atoms with Crippen LogP contribution in [-0.2, 0) is 0 Å². The van der Waals surface area contributed by atoms with Gasteiger partial charge >= 0.3 is 0 Å². The van der Waals surface area contributed by atoms with Crippen molar-refractivity contribution < 1.29 is 0 Å². The lowest BCUT2D eigenvalue weighted by Gasteiger charge is -1.92. The van der Waals surface area contributed by atoms with Crippen LogP contribution in [0.4, 0.5) is 0 Å². The van der Waals surface area contributed by atoms with Crippen LogP contribution in [0.5, 0.6) is 0 Å². The quantitative estimate of drug-likeness (QED) is 0.519. The summed E-state index contributed by atoms with van der Waals surface area (Å²) in [6.07, 6.45) is 10.4. The molecule has 0 heteroatoms. The third kappa shape index (κ3) is 4.13. The minimum absolute atomic E-state index is 1.11. The van der Waals surface area contributed by atoms with E-state index in [0.29, 0.717) is 0 Å². The summed E-state index contributed by atoms with van der Waals surface area (Å²) in [4.78, 5) is 0. The fourth-order valence-electron chi connectivity index (χ4n) is 0.784. The van der Waals surface area contributed by atoms with Crippen molar-refractivity contribution >= 4 is 0 Å². The van der Waals surface area contributed by atoms with Gasteiger partial charge in [0.15, 0.2) is 0 Å². The van der Waals surface area contributed by atoms with Crippen LogP contribution in [0, 0.1) is 0 Å². The molecule has 0 N–H and O–H groups in total. The maximum Gasteiger partial charge on any atom is -0.0311 e. The lowest BCUT2D eigenvalue weighted by Crippen LogP contribution is -1.72. The Balaban J connectivity index is 3.94. The first-order valence-electron chi connectivity index (χ1n) is 3.83. The SMILES string of the molecule is C=CC=CC(=CCC)CC. The Labute approximate surface area is 64.0 Å². The lowest BCUT2D eigenvalue weighted by atomic mass is 10.1. The second kappa shape index (κ2) is 6.34. The van der Waals surface area contributed by atoms with Gasteiger partial charge in [-0.3, -0.25) is 0 Å². The maximum absolute atomic E-state index is 3.61. The van der Waals surface area contributed by atoms with Gasteiger partial charge in [-0.1, -0.05) is 50.3 Å². The third-order valence-corrected chi connectivity index (χ3v) is 1.32. The van der Waals surface area contributed by atoms with Crippen LogP contribution in [0.25, 0.3) is 0 Å². The molecule has 0 amide bonds. The molecule has 0 aromatic heterocycles. The molecule has 0 fully saturated rings. The van der Waals surface area contributed by atoms with Crippen molar-refractivity contribution in [1.29, 1.82) is 0 Å². The molecule has 0 nitrogen and oxygen atoms in total. The van der Waals surface area contributed by atoms with E-state index in [0.717, 1.165) is 12.8 Å². The normalized spacial score (nSPS) is 12.4. The maximum atomic E-state index is 3.61. The van der Waals surface area contributed by atoms with E-state index in [1.807, 2.05) is 6.08 Å². The topological polar surface area (TPSA) is 0 Å². The first-order valence-corrected chi connectivity index (χ1v) is 3.83. The van der Waals surface area contributed by atoms with Crippen LogP contribution in [0.1, 0.15) is 26.7 Å². The minimum atomic E-state index is 1.11. The van der Waals surface area contributed by atoms with Gasteiger partial charge in [0.2, 0.25) is 0 Å². The molecule has 0 heterocycles. The molecule has 0 saturated heterocycles. The van der Waals surface area contributed by atoms with Crippen molar-refractivity contribution in [3.05, 3.63) is 36.5 Å². The molecule has 10 heavy (non-hydrogen) atoms. The summed E-state index contributed by atoms with van der Waals surface area (Å²) in [7, 11) is 0. The number of hydrogen-bond donors (Lipinski definition) is 0. The molecule has 0 aliphatic heterocycles. The molecular weight excluding hydrogens is 120 g/mol. The predicted molar refractivity (Wildman–Crippen MR) is 48.0 cm³/mol. The molecule has 0 aliphatic carbocycles. The van der Waals surface area contributed by atoms with Crippen molar-refractivity contribution in [2.75, 3.05) is 0 Å². The zero-order valence-electron chi connectivity index (χ0n) is 6.93. The minimum Gasteiger partial charge on any atom is -0.0991 e. The van der Waals surface area contributed by atoms with Gasteiger partial charge in [0.05, 0.1) is 0 Å². The number of rotatable bonds is 4. The summed E-state index contributed by atoms with van der Waals surface area (Å²) in [6.45, 7) is 7.92. The van der Waals surface area contributed by atoms with Crippen LogP contribution in [0.3, 0.4) is 0 Å². The molecule has 56 valence electrons. The highest BCUT2D eigenvalue weighted by Crippen LogP contribution is 2.03. The first kappa shape index (κ1) is 9.22. The average Bonchev–Trinajstić information content (AvgIpc) is 1.98. The number of allylic oxidation sites excluding steroid dienone is 5. The lowest BCUT2D eigenvalue weighted by molar-refractivity contribution is 1.10. The van der Waals surface area contributed by atoms with E-state index in [1.54, 1.807) is 6.08 Å². The Kier molecular flexibility index (Phi) is 5.85. The Bertz CT molecular complexity index is 135. The van der Waals surface area contributed by atoms with Crippen molar-refractivity contribution in [2.24, 2.45) is 0 Å². The Morgan fingerprint density at radius 2 is 2.10 bits per heavy atom. The van der Waals surface area contributed by atoms with Gasteiger partial charge in [-0.15, -0.1) is 0 Å². The van der Waals surface area contributed by atoms with Crippen LogP contribution in [0.15, 0.2) is 36.5 Å². The number of hydrogen-bond acceptors (Lipinski definition) is 0. The highest BCUT2D eigenvalue weighted by Gasteiger charge is 1.82. The second-order valence-corrected chi connectivity index (χ2v) is 2.14. The van der Waals surface area contributed by atoms with E-state index in [9.17, 15) is 0 Å². The zero-order chi connectivity index (χ0) is 7.82. The van der Waals surface area contributed by atoms with Gasteiger partial charge in [-0.2, -0.15) is 0 Å². The van der Waals surface area contributed by atoms with Gasteiger partial charge < -0.3 is 0 Å². The fourth-order valence-corrected chi connectivity index (χ4v) is 0.784. The molecule has 0 atom stereocenters. The molecule has 0 bridgehead atoms. The van der Waals surface area contributed by atoms with Gasteiger partial charge in [0, 0.05) is 0 Å². The summed E-state index contributed by atoms with van der Waals surface area (Å²) in [5.41, 5.74) is 1.39. The Hall–Kier alpha value is -0.780. The van der Waals surface area contributed by atoms with E-state index in [-0.39, 0.29) is 0 Å². The van der Waals surface area contributed by atoms with Crippen LogP contribution in [0.2, 0.25) is 0 Å². The van der Waals surface area contributed by atoms with Crippen molar-refractivity contribution in [2.45, 2.75) is 26.7 Å². The van der Waals surface area contributed by atoms with E-state index >= 15 is 0 Å². The second-order valence-electron chi connectivity index (χ2n) is 2.14. The summed E-state index contributed by atoms with van der Waals surface area (Å²) in [6, 6.07) is 0. The zero-order valence-corrected chi connectivity index (χ0v) is 6.93. The highest BCUT2D eigenvalue weighted by atomic mass is 13.9. The summed E-state index contributed by atoms with van der Waals surface area (Å²) in [5, 5.41) is 0. The van der Waals surface area contributed by atoms with Crippen LogP contribution >= 0.6 is 0 Å². The van der Waals surface area contributed by atoms with Gasteiger partial charge in [-0.25, -0.2) is 0 Å². The van der Waals surface area contributed by atoms with Gasteiger partial charge in [-0.05, 0) is 12.8 Å². The van der Waals surface area contributed by atoms with Crippen LogP contribution in [-0.4, -0.2) is 0 Å². The largest absolute Gasteiger partial charge is 0.0991 e. The van der Waals surface area contributed by atoms with E-state index in [4.69, 9.17) is 0 Å². The predicted octanol–water partition coefficient (Wildman–Crippen LogP) is 3.48. The monoisotopic (exact) mass is 136 g/mol. The average molecular weight is 136 g/mol. The molecule has 0 aliphatic rings. The van der Waals surface area contributed by atoms with E-state index < -0.39 is 0 Å². The van der Waals surface area contributed by atoms with Crippen LogP contribution < -0.4 is 0 Å². The Morgan fingerprint density at radius 1 is 1.40 bits per heavy atom. The molecule has 0 rings (SSSR count). The van der Waals surface area contributed by atoms with E-state index in [2.05, 4.69) is 32.6 Å². The Morgan fingerprint density at radius 3 is 2.50 bits per heavy atom. The molecule has 0 aromatic rings. The highest BCUT2D eigenvalue weighted by molar-refractivity contribution is 5.20. The van der Waals surface area contributed by atoms with E-state index in [1.165, 1.54) is 5.57 Å². The molecule has 0 saturated carbocycles. The van der Waals surface area contributed by atoms with Gasteiger partial charge in [0.1, 0.15) is 0 Å². The first-order chi connectivity index (χ1) is 4.85. The molecule has 0 aromatic carbocycles. The molecule has 0 spiro atoms. The summed E-state index contributed by atoms with van der Waals surface area (Å²) >= 11 is 0. The van der Waals surface area contributed by atoms with Gasteiger partial charge in [0.25, 0.3) is 0 Å². The van der Waals surface area contributed by atoms with Crippen molar-refractivity contribution in [1.82, 2.24) is 0 Å². The standard InChI is InChI=1S/C10H16/c1-4-7-9-10(6-3)8-5-2/h4,7-9H,1,5-6H2,2-3H3. The fraction of sp³-hybridized carbons (Fsp3) is 0.400. The van der Waals surface area contributed by atoms with Crippen molar-refractivity contribution in [3.63, 3.8) is 0 Å². The summed E-state index contributed by atoms with van der Waals surface area (Å²) in [5.74, 6) is 0. The smallest absolute Gasteiger partial charge is 0.0311 e. The molecule has 0 unspecified atom stereocenters. The summed E-state index contributed by atoms with van der Waals surface area (Å²) < 4.78 is 0. The molecule has 0 radical (unpaired) electrons. The molecular formula is C10H16. The third-order valence-electron chi connectivity index (χ3n) is 1.32.